The van der Waals surface area contributed by atoms with Gasteiger partial charge in [-0.2, -0.15) is 13.2 Å². The highest BCUT2D eigenvalue weighted by molar-refractivity contribution is 5.81. The van der Waals surface area contributed by atoms with Crippen molar-refractivity contribution in [3.63, 3.8) is 0 Å². The number of carbonyl (C=O) groups is 2. The summed E-state index contributed by atoms with van der Waals surface area (Å²) in [6, 6.07) is 10.6. The highest BCUT2D eigenvalue weighted by Gasteiger charge is 2.53. The van der Waals surface area contributed by atoms with E-state index in [1.807, 2.05) is 0 Å². The lowest BCUT2D eigenvalue weighted by Gasteiger charge is -2.48. The van der Waals surface area contributed by atoms with E-state index in [1.54, 1.807) is 7.11 Å². The molecule has 1 aromatic carbocycles. The molecule has 1 N–H and O–H groups in total. The normalized spacial score (nSPS) is 21.1. The van der Waals surface area contributed by atoms with Crippen molar-refractivity contribution in [1.82, 2.24) is 9.80 Å². The highest BCUT2D eigenvalue weighted by atomic mass is 19.4. The summed E-state index contributed by atoms with van der Waals surface area (Å²) in [5.74, 6) is -2.15. The highest BCUT2D eigenvalue weighted by Crippen LogP contribution is 2.48. The molecule has 1 amide bonds. The molecule has 31 heavy (non-hydrogen) atoms. The number of alkyl halides is 3. The van der Waals surface area contributed by atoms with E-state index >= 15 is 0 Å². The van der Waals surface area contributed by atoms with Crippen LogP contribution in [0.4, 0.5) is 13.2 Å². The van der Waals surface area contributed by atoms with Gasteiger partial charge in [0.15, 0.2) is 0 Å². The lowest BCUT2D eigenvalue weighted by atomic mass is 9.73. The summed E-state index contributed by atoms with van der Waals surface area (Å²) in [4.78, 5) is 26.4. The van der Waals surface area contributed by atoms with Crippen LogP contribution < -0.4 is 0 Å². The minimum atomic E-state index is -5.08. The van der Waals surface area contributed by atoms with Crippen LogP contribution in [0.25, 0.3) is 0 Å². The topological polar surface area (TPSA) is 70.1 Å². The second kappa shape index (κ2) is 10.9. The van der Waals surface area contributed by atoms with Gasteiger partial charge in [-0.3, -0.25) is 4.79 Å². The van der Waals surface area contributed by atoms with Gasteiger partial charge in [-0.15, -0.1) is 0 Å². The number of carboxylic acid groups (broad SMARTS) is 1. The average Bonchev–Trinajstić information content (AvgIpc) is 3.00. The molecule has 0 radical (unpaired) electrons. The van der Waals surface area contributed by atoms with Gasteiger partial charge in [-0.1, -0.05) is 37.3 Å². The van der Waals surface area contributed by atoms with E-state index in [0.29, 0.717) is 31.4 Å². The van der Waals surface area contributed by atoms with Gasteiger partial charge in [0.05, 0.1) is 12.1 Å². The number of ether oxygens (including phenoxy) is 1. The van der Waals surface area contributed by atoms with Crippen molar-refractivity contribution in [2.24, 2.45) is 0 Å². The van der Waals surface area contributed by atoms with Gasteiger partial charge >= 0.3 is 12.1 Å². The molecule has 9 heteroatoms. The van der Waals surface area contributed by atoms with Crippen molar-refractivity contribution in [2.75, 3.05) is 39.9 Å². The largest absolute Gasteiger partial charge is 0.490 e. The van der Waals surface area contributed by atoms with Crippen molar-refractivity contribution in [2.45, 2.75) is 50.2 Å². The third kappa shape index (κ3) is 6.20. The van der Waals surface area contributed by atoms with Crippen LogP contribution in [-0.2, 0) is 14.3 Å². The lowest BCUT2D eigenvalue weighted by molar-refractivity contribution is -0.192. The zero-order valence-electron chi connectivity index (χ0n) is 18.0. The first kappa shape index (κ1) is 25.1. The summed E-state index contributed by atoms with van der Waals surface area (Å²) in [6.07, 6.45) is -1.10. The Morgan fingerprint density at radius 2 is 1.77 bits per heavy atom. The van der Waals surface area contributed by atoms with Crippen molar-refractivity contribution >= 4 is 11.9 Å². The number of aliphatic carboxylic acids is 1. The Labute approximate surface area is 181 Å². The number of carbonyl (C=O) groups excluding carboxylic acids is 1. The summed E-state index contributed by atoms with van der Waals surface area (Å²) in [5.41, 5.74) is 1.29. The Morgan fingerprint density at radius 1 is 1.19 bits per heavy atom. The van der Waals surface area contributed by atoms with E-state index in [2.05, 4.69) is 47.1 Å². The van der Waals surface area contributed by atoms with Crippen molar-refractivity contribution in [3.8, 4) is 0 Å². The van der Waals surface area contributed by atoms with E-state index < -0.39 is 12.1 Å². The molecule has 1 spiro atoms. The number of hydrogen-bond acceptors (Lipinski definition) is 4. The fourth-order valence-electron chi connectivity index (χ4n) is 4.65. The first-order valence-corrected chi connectivity index (χ1v) is 10.5. The van der Waals surface area contributed by atoms with Gasteiger partial charge in [0.25, 0.3) is 0 Å². The molecule has 0 saturated carbocycles. The number of amides is 1. The predicted molar refractivity (Wildman–Crippen MR) is 110 cm³/mol. The molecule has 2 fully saturated rings. The molecule has 2 aliphatic rings. The summed E-state index contributed by atoms with van der Waals surface area (Å²) >= 11 is 0. The van der Waals surface area contributed by atoms with Gasteiger partial charge in [-0.25, -0.2) is 4.79 Å². The number of benzene rings is 1. The van der Waals surface area contributed by atoms with Crippen molar-refractivity contribution < 1.29 is 32.6 Å². The number of rotatable bonds is 6. The van der Waals surface area contributed by atoms with Crippen molar-refractivity contribution in [1.29, 1.82) is 0 Å². The molecule has 0 aliphatic carbocycles. The van der Waals surface area contributed by atoms with Crippen LogP contribution >= 0.6 is 0 Å². The lowest BCUT2D eigenvalue weighted by Crippen LogP contribution is -2.56. The number of carboxylic acids is 1. The van der Waals surface area contributed by atoms with Crippen LogP contribution in [0.15, 0.2) is 30.3 Å². The standard InChI is InChI=1S/C20H30N2O2.C2HF3O2/c1-3-11-21-12-9-20(10-13-21)18(17-7-5-4-6-8-17)16-19(23)22(20)14-15-24-2;3-2(4,5)1(6)7/h4-8,18H,3,9-16H2,1-2H3;(H,6,7). The van der Waals surface area contributed by atoms with Gasteiger partial charge in [0.2, 0.25) is 5.91 Å². The first-order chi connectivity index (χ1) is 14.7. The second-order valence-electron chi connectivity index (χ2n) is 7.95. The van der Waals surface area contributed by atoms with Crippen LogP contribution in [0.1, 0.15) is 44.1 Å². The van der Waals surface area contributed by atoms with Gasteiger partial charge in [0, 0.05) is 39.1 Å². The molecule has 2 heterocycles. The summed E-state index contributed by atoms with van der Waals surface area (Å²) in [6.45, 7) is 6.92. The molecule has 1 aromatic rings. The third-order valence-electron chi connectivity index (χ3n) is 6.09. The van der Waals surface area contributed by atoms with Gasteiger partial charge in [-0.05, 0) is 31.4 Å². The zero-order valence-corrected chi connectivity index (χ0v) is 18.0. The maximum Gasteiger partial charge on any atom is 0.490 e. The zero-order chi connectivity index (χ0) is 23.1. The Kier molecular flexibility index (Phi) is 8.88. The number of nitrogens with zero attached hydrogens (tertiary/aromatic N) is 2. The fraction of sp³-hybridized carbons (Fsp3) is 0.636. The molecule has 174 valence electrons. The Morgan fingerprint density at radius 3 is 2.26 bits per heavy atom. The molecule has 6 nitrogen and oxygen atoms in total. The van der Waals surface area contributed by atoms with E-state index in [4.69, 9.17) is 14.6 Å². The number of likely N-dealkylation sites (tertiary alicyclic amines) is 2. The quantitative estimate of drug-likeness (QED) is 0.727. The van der Waals surface area contributed by atoms with Crippen molar-refractivity contribution in [3.05, 3.63) is 35.9 Å². The molecule has 1 atom stereocenters. The smallest absolute Gasteiger partial charge is 0.475 e. The summed E-state index contributed by atoms with van der Waals surface area (Å²) in [7, 11) is 1.71. The monoisotopic (exact) mass is 444 g/mol. The SMILES string of the molecule is CCCN1CCC2(CC1)C(c1ccccc1)CC(=O)N2CCOC.O=C(O)C(F)(F)F. The van der Waals surface area contributed by atoms with Crippen LogP contribution in [0.5, 0.6) is 0 Å². The number of methoxy groups -OCH3 is 1. The fourth-order valence-corrected chi connectivity index (χ4v) is 4.65. The van der Waals surface area contributed by atoms with E-state index in [-0.39, 0.29) is 5.54 Å². The van der Waals surface area contributed by atoms with Crippen LogP contribution in [0.2, 0.25) is 0 Å². The minimum absolute atomic E-state index is 0.0266. The molecule has 0 aromatic heterocycles. The first-order valence-electron chi connectivity index (χ1n) is 10.5. The maximum absolute atomic E-state index is 12.8. The molecule has 3 rings (SSSR count). The maximum atomic E-state index is 12.8. The van der Waals surface area contributed by atoms with Crippen LogP contribution in [-0.4, -0.2) is 78.4 Å². The van der Waals surface area contributed by atoms with E-state index in [9.17, 15) is 18.0 Å². The molecule has 0 bridgehead atoms. The summed E-state index contributed by atoms with van der Waals surface area (Å²) in [5, 5.41) is 7.12. The second-order valence-corrected chi connectivity index (χ2v) is 7.95. The molecule has 2 saturated heterocycles. The van der Waals surface area contributed by atoms with Crippen LogP contribution in [0, 0.1) is 0 Å². The molecule has 2 aliphatic heterocycles. The summed E-state index contributed by atoms with van der Waals surface area (Å²) < 4.78 is 37.0. The Balaban J connectivity index is 0.000000423. The third-order valence-corrected chi connectivity index (χ3v) is 6.09. The van der Waals surface area contributed by atoms with E-state index in [1.165, 1.54) is 12.0 Å². The molecule has 1 unspecified atom stereocenters. The number of hydrogen-bond donors (Lipinski definition) is 1. The predicted octanol–water partition coefficient (Wildman–Crippen LogP) is 3.53. The number of halogens is 3. The Bertz CT molecular complexity index is 719. The molecular weight excluding hydrogens is 413 g/mol. The van der Waals surface area contributed by atoms with Gasteiger partial charge < -0.3 is 19.6 Å². The molecular formula is C22H31F3N2O4. The average molecular weight is 444 g/mol. The minimum Gasteiger partial charge on any atom is -0.475 e. The van der Waals surface area contributed by atoms with Gasteiger partial charge in [0.1, 0.15) is 0 Å². The van der Waals surface area contributed by atoms with Crippen LogP contribution in [0.3, 0.4) is 0 Å². The van der Waals surface area contributed by atoms with E-state index in [0.717, 1.165) is 32.5 Å². The number of piperidine rings is 1. The Hall–Kier alpha value is -2.13.